The van der Waals surface area contributed by atoms with Crippen LogP contribution in [-0.2, 0) is 0 Å². The minimum atomic E-state index is -0.00981. The SMILES string of the molecule is COc1ccc(C(=O)N2CCCCC2c2nccs2)c(OC)c1. The number of likely N-dealkylation sites (tertiary alicyclic amines) is 1. The summed E-state index contributed by atoms with van der Waals surface area (Å²) in [6.07, 6.45) is 4.89. The van der Waals surface area contributed by atoms with E-state index in [9.17, 15) is 4.79 Å². The molecule has 0 aliphatic carbocycles. The van der Waals surface area contributed by atoms with Gasteiger partial charge >= 0.3 is 0 Å². The van der Waals surface area contributed by atoms with Crippen molar-refractivity contribution in [3.8, 4) is 11.5 Å². The second-order valence-electron chi connectivity index (χ2n) is 5.45. The van der Waals surface area contributed by atoms with Crippen LogP contribution in [0, 0.1) is 0 Å². The van der Waals surface area contributed by atoms with Gasteiger partial charge in [-0.25, -0.2) is 4.98 Å². The Hall–Kier alpha value is -2.08. The average molecular weight is 332 g/mol. The van der Waals surface area contributed by atoms with Crippen LogP contribution in [-0.4, -0.2) is 36.6 Å². The Morgan fingerprint density at radius 3 is 2.87 bits per heavy atom. The van der Waals surface area contributed by atoms with Crippen molar-refractivity contribution in [2.24, 2.45) is 0 Å². The van der Waals surface area contributed by atoms with Crippen molar-refractivity contribution in [1.29, 1.82) is 0 Å². The maximum absolute atomic E-state index is 13.1. The number of carbonyl (C=O) groups excluding carboxylic acids is 1. The lowest BCUT2D eigenvalue weighted by Gasteiger charge is -2.34. The number of methoxy groups -OCH3 is 2. The van der Waals surface area contributed by atoms with E-state index in [4.69, 9.17) is 9.47 Å². The van der Waals surface area contributed by atoms with Crippen molar-refractivity contribution < 1.29 is 14.3 Å². The van der Waals surface area contributed by atoms with Crippen molar-refractivity contribution in [3.05, 3.63) is 40.3 Å². The van der Waals surface area contributed by atoms with Crippen LogP contribution in [0.1, 0.15) is 40.7 Å². The number of carbonyl (C=O) groups is 1. The number of ether oxygens (including phenoxy) is 2. The third-order valence-electron chi connectivity index (χ3n) is 4.14. The molecule has 0 radical (unpaired) electrons. The first-order valence-electron chi connectivity index (χ1n) is 7.67. The normalized spacial score (nSPS) is 17.8. The predicted molar refractivity (Wildman–Crippen MR) is 89.3 cm³/mol. The molecule has 1 aliphatic rings. The predicted octanol–water partition coefficient (Wildman–Crippen LogP) is 3.53. The molecule has 1 fully saturated rings. The molecule has 0 N–H and O–H groups in total. The Morgan fingerprint density at radius 2 is 2.17 bits per heavy atom. The van der Waals surface area contributed by atoms with Crippen molar-refractivity contribution >= 4 is 17.2 Å². The smallest absolute Gasteiger partial charge is 0.258 e. The maximum atomic E-state index is 13.1. The summed E-state index contributed by atoms with van der Waals surface area (Å²) in [5.41, 5.74) is 0.566. The molecule has 1 unspecified atom stereocenters. The highest BCUT2D eigenvalue weighted by Gasteiger charge is 2.31. The second kappa shape index (κ2) is 7.00. The van der Waals surface area contributed by atoms with E-state index in [1.54, 1.807) is 50.0 Å². The van der Waals surface area contributed by atoms with Crippen LogP contribution in [0.4, 0.5) is 0 Å². The number of hydrogen-bond donors (Lipinski definition) is 0. The molecular formula is C17H20N2O3S. The summed E-state index contributed by atoms with van der Waals surface area (Å²) >= 11 is 1.61. The van der Waals surface area contributed by atoms with Gasteiger partial charge in [0, 0.05) is 24.2 Å². The topological polar surface area (TPSA) is 51.7 Å². The van der Waals surface area contributed by atoms with Gasteiger partial charge in [0.25, 0.3) is 5.91 Å². The first-order valence-corrected chi connectivity index (χ1v) is 8.55. The molecule has 0 spiro atoms. The third-order valence-corrected chi connectivity index (χ3v) is 5.02. The second-order valence-corrected chi connectivity index (χ2v) is 6.37. The molecule has 23 heavy (non-hydrogen) atoms. The molecule has 1 atom stereocenters. The Bertz CT molecular complexity index is 672. The van der Waals surface area contributed by atoms with E-state index in [1.807, 2.05) is 10.3 Å². The van der Waals surface area contributed by atoms with Gasteiger partial charge in [-0.1, -0.05) is 0 Å². The standard InChI is InChI=1S/C17H20N2O3S/c1-21-12-6-7-13(15(11-12)22-2)17(20)19-9-4-3-5-14(19)16-18-8-10-23-16/h6-8,10-11,14H,3-5,9H2,1-2H3. The van der Waals surface area contributed by atoms with E-state index < -0.39 is 0 Å². The number of aromatic nitrogens is 1. The molecular weight excluding hydrogens is 312 g/mol. The number of rotatable bonds is 4. The lowest BCUT2D eigenvalue weighted by Crippen LogP contribution is -2.38. The fourth-order valence-corrected chi connectivity index (χ4v) is 3.75. The minimum Gasteiger partial charge on any atom is -0.497 e. The lowest BCUT2D eigenvalue weighted by atomic mass is 10.0. The molecule has 1 saturated heterocycles. The highest BCUT2D eigenvalue weighted by atomic mass is 32.1. The summed E-state index contributed by atoms with van der Waals surface area (Å²) in [5, 5.41) is 2.96. The molecule has 1 aromatic heterocycles. The Kier molecular flexibility index (Phi) is 4.81. The Balaban J connectivity index is 1.91. The molecule has 3 rings (SSSR count). The summed E-state index contributed by atoms with van der Waals surface area (Å²) in [7, 11) is 3.17. The van der Waals surface area contributed by atoms with E-state index >= 15 is 0 Å². The van der Waals surface area contributed by atoms with Gasteiger partial charge in [-0.3, -0.25) is 4.79 Å². The van der Waals surface area contributed by atoms with Crippen LogP contribution in [0.5, 0.6) is 11.5 Å². The van der Waals surface area contributed by atoms with E-state index in [-0.39, 0.29) is 11.9 Å². The molecule has 122 valence electrons. The van der Waals surface area contributed by atoms with E-state index in [0.29, 0.717) is 17.1 Å². The largest absolute Gasteiger partial charge is 0.497 e. The van der Waals surface area contributed by atoms with E-state index in [2.05, 4.69) is 4.98 Å². The van der Waals surface area contributed by atoms with Crippen molar-refractivity contribution in [1.82, 2.24) is 9.88 Å². The molecule has 0 saturated carbocycles. The van der Waals surface area contributed by atoms with Gasteiger partial charge < -0.3 is 14.4 Å². The number of nitrogens with zero attached hydrogens (tertiary/aromatic N) is 2. The van der Waals surface area contributed by atoms with Gasteiger partial charge in [0.2, 0.25) is 0 Å². The molecule has 5 nitrogen and oxygen atoms in total. The summed E-state index contributed by atoms with van der Waals surface area (Å²) in [5.74, 6) is 1.20. The van der Waals surface area contributed by atoms with Crippen LogP contribution in [0.2, 0.25) is 0 Å². The molecule has 1 aliphatic heterocycles. The van der Waals surface area contributed by atoms with Crippen LogP contribution < -0.4 is 9.47 Å². The minimum absolute atomic E-state index is 0.00981. The van der Waals surface area contributed by atoms with Crippen molar-refractivity contribution in [2.45, 2.75) is 25.3 Å². The first kappa shape index (κ1) is 15.8. The quantitative estimate of drug-likeness (QED) is 0.859. The summed E-state index contributed by atoms with van der Waals surface area (Å²) < 4.78 is 10.6. The zero-order chi connectivity index (χ0) is 16.2. The van der Waals surface area contributed by atoms with Crippen LogP contribution in [0.3, 0.4) is 0 Å². The molecule has 2 heterocycles. The fraction of sp³-hybridized carbons (Fsp3) is 0.412. The number of benzene rings is 1. The van der Waals surface area contributed by atoms with Gasteiger partial charge in [-0.2, -0.15) is 0 Å². The average Bonchev–Trinajstić information content (AvgIpc) is 3.15. The molecule has 2 aromatic rings. The van der Waals surface area contributed by atoms with Crippen LogP contribution in [0.25, 0.3) is 0 Å². The van der Waals surface area contributed by atoms with Gasteiger partial charge in [0.05, 0.1) is 25.8 Å². The first-order chi connectivity index (χ1) is 11.2. The third kappa shape index (κ3) is 3.17. The van der Waals surface area contributed by atoms with Gasteiger partial charge in [0.1, 0.15) is 16.5 Å². The summed E-state index contributed by atoms with van der Waals surface area (Å²) in [6, 6.07) is 5.37. The number of hydrogen-bond acceptors (Lipinski definition) is 5. The Morgan fingerprint density at radius 1 is 1.30 bits per heavy atom. The monoisotopic (exact) mass is 332 g/mol. The fourth-order valence-electron chi connectivity index (χ4n) is 2.96. The van der Waals surface area contributed by atoms with E-state index in [1.165, 1.54) is 0 Å². The number of amides is 1. The lowest BCUT2D eigenvalue weighted by molar-refractivity contribution is 0.0608. The van der Waals surface area contributed by atoms with Crippen LogP contribution in [0.15, 0.2) is 29.8 Å². The molecule has 0 bridgehead atoms. The van der Waals surface area contributed by atoms with Crippen LogP contribution >= 0.6 is 11.3 Å². The van der Waals surface area contributed by atoms with E-state index in [0.717, 1.165) is 30.8 Å². The molecule has 1 aromatic carbocycles. The van der Waals surface area contributed by atoms with Gasteiger partial charge in [-0.05, 0) is 31.4 Å². The number of piperidine rings is 1. The van der Waals surface area contributed by atoms with Gasteiger partial charge in [0.15, 0.2) is 0 Å². The van der Waals surface area contributed by atoms with Gasteiger partial charge in [-0.15, -0.1) is 11.3 Å². The summed E-state index contributed by atoms with van der Waals surface area (Å²) in [6.45, 7) is 0.748. The Labute approximate surface area is 139 Å². The zero-order valence-electron chi connectivity index (χ0n) is 13.3. The molecule has 1 amide bonds. The molecule has 6 heteroatoms. The number of thiazole rings is 1. The maximum Gasteiger partial charge on any atom is 0.258 e. The highest BCUT2D eigenvalue weighted by molar-refractivity contribution is 7.09. The summed E-state index contributed by atoms with van der Waals surface area (Å²) in [4.78, 5) is 19.4. The highest BCUT2D eigenvalue weighted by Crippen LogP contribution is 2.35. The van der Waals surface area contributed by atoms with Crippen molar-refractivity contribution in [2.75, 3.05) is 20.8 Å². The zero-order valence-corrected chi connectivity index (χ0v) is 14.1. The van der Waals surface area contributed by atoms with Crippen molar-refractivity contribution in [3.63, 3.8) is 0 Å².